The molecule has 5 nitrogen and oxygen atoms in total. The first kappa shape index (κ1) is 15.5. The van der Waals surface area contributed by atoms with Crippen LogP contribution >= 0.6 is 15.9 Å². The lowest BCUT2D eigenvalue weighted by Gasteiger charge is -2.20. The number of benzene rings is 1. The number of carboxylic acid groups (broad SMARTS) is 1. The highest BCUT2D eigenvalue weighted by Gasteiger charge is 2.20. The van der Waals surface area contributed by atoms with E-state index < -0.39 is 12.0 Å². The zero-order valence-electron chi connectivity index (χ0n) is 10.8. The Morgan fingerprint density at radius 3 is 2.53 bits per heavy atom. The van der Waals surface area contributed by atoms with Crippen molar-refractivity contribution in [1.82, 2.24) is 5.32 Å². The zero-order valence-corrected chi connectivity index (χ0v) is 12.4. The summed E-state index contributed by atoms with van der Waals surface area (Å²) in [6, 6.07) is 4.46. The molecule has 1 rings (SSSR count). The zero-order chi connectivity index (χ0) is 14.6. The van der Waals surface area contributed by atoms with E-state index in [0.717, 1.165) is 4.47 Å². The monoisotopic (exact) mass is 328 g/mol. The third-order valence-corrected chi connectivity index (χ3v) is 3.50. The topological polar surface area (TPSA) is 92.4 Å². The number of hydrogen-bond acceptors (Lipinski definition) is 3. The van der Waals surface area contributed by atoms with E-state index in [-0.39, 0.29) is 18.2 Å². The summed E-state index contributed by atoms with van der Waals surface area (Å²) in [5, 5.41) is 11.5. The minimum absolute atomic E-state index is 0.0350. The number of rotatable bonds is 5. The number of carbonyl (C=O) groups excluding carboxylic acids is 1. The van der Waals surface area contributed by atoms with E-state index in [2.05, 4.69) is 21.2 Å². The minimum Gasteiger partial charge on any atom is -0.481 e. The summed E-state index contributed by atoms with van der Waals surface area (Å²) in [7, 11) is 0. The molecular weight excluding hydrogens is 312 g/mol. The van der Waals surface area contributed by atoms with Gasteiger partial charge in [-0.3, -0.25) is 9.59 Å². The molecule has 4 N–H and O–H groups in total. The lowest BCUT2D eigenvalue weighted by Crippen LogP contribution is -2.40. The van der Waals surface area contributed by atoms with Crippen LogP contribution in [0.15, 0.2) is 22.7 Å². The van der Waals surface area contributed by atoms with E-state index in [1.165, 1.54) is 0 Å². The number of nitrogens with two attached hydrogens (primary N) is 1. The summed E-state index contributed by atoms with van der Waals surface area (Å²) < 4.78 is 0.718. The van der Waals surface area contributed by atoms with Gasteiger partial charge in [-0.05, 0) is 40.0 Å². The van der Waals surface area contributed by atoms with Gasteiger partial charge in [0.15, 0.2) is 0 Å². The Bertz CT molecular complexity index is 489. The molecule has 0 radical (unpaired) electrons. The number of aliphatic carboxylic acids is 1. The molecule has 0 aliphatic rings. The van der Waals surface area contributed by atoms with Crippen LogP contribution in [-0.2, 0) is 4.79 Å². The first-order valence-corrected chi connectivity index (χ1v) is 6.68. The first-order valence-electron chi connectivity index (χ1n) is 5.89. The molecule has 1 aromatic carbocycles. The Hall–Kier alpha value is -1.56. The molecule has 6 heteroatoms. The van der Waals surface area contributed by atoms with Gasteiger partial charge in [0.2, 0.25) is 0 Å². The fourth-order valence-corrected chi connectivity index (χ4v) is 1.82. The smallest absolute Gasteiger partial charge is 0.305 e. The second kappa shape index (κ2) is 6.56. The maximum atomic E-state index is 12.0. The highest BCUT2D eigenvalue weighted by atomic mass is 79.9. The largest absolute Gasteiger partial charge is 0.481 e. The lowest BCUT2D eigenvalue weighted by atomic mass is 10.0. The molecule has 1 atom stereocenters. The number of halogens is 1. The van der Waals surface area contributed by atoms with E-state index >= 15 is 0 Å². The van der Waals surface area contributed by atoms with Crippen molar-refractivity contribution < 1.29 is 14.7 Å². The highest BCUT2D eigenvalue weighted by molar-refractivity contribution is 9.10. The molecule has 0 aliphatic heterocycles. The average Bonchev–Trinajstić information content (AvgIpc) is 2.31. The molecular formula is C13H17BrN2O3. The number of amides is 1. The SMILES string of the molecule is CC(C)C(CC(=O)O)NC(=O)c1ccc(Br)c(N)c1. The van der Waals surface area contributed by atoms with E-state index in [4.69, 9.17) is 10.8 Å². The predicted molar refractivity (Wildman–Crippen MR) is 76.9 cm³/mol. The van der Waals surface area contributed by atoms with Gasteiger partial charge in [-0.1, -0.05) is 13.8 Å². The van der Waals surface area contributed by atoms with Gasteiger partial charge in [-0.2, -0.15) is 0 Å². The summed E-state index contributed by atoms with van der Waals surface area (Å²) in [5.41, 5.74) is 6.59. The second-order valence-electron chi connectivity index (χ2n) is 4.66. The fraction of sp³-hybridized carbons (Fsp3) is 0.385. The lowest BCUT2D eigenvalue weighted by molar-refractivity contribution is -0.137. The second-order valence-corrected chi connectivity index (χ2v) is 5.51. The summed E-state index contributed by atoms with van der Waals surface area (Å²) >= 11 is 3.25. The van der Waals surface area contributed by atoms with Gasteiger partial charge in [0.1, 0.15) is 0 Å². The molecule has 0 spiro atoms. The molecule has 0 bridgehead atoms. The van der Waals surface area contributed by atoms with E-state index in [1.54, 1.807) is 18.2 Å². The molecule has 0 saturated carbocycles. The van der Waals surface area contributed by atoms with Crippen LogP contribution in [-0.4, -0.2) is 23.0 Å². The third kappa shape index (κ3) is 4.55. The molecule has 1 aromatic rings. The number of nitrogens with one attached hydrogen (secondary N) is 1. The van der Waals surface area contributed by atoms with E-state index in [1.807, 2.05) is 13.8 Å². The fourth-order valence-electron chi connectivity index (χ4n) is 1.58. The van der Waals surface area contributed by atoms with E-state index in [0.29, 0.717) is 11.3 Å². The van der Waals surface area contributed by atoms with Crippen LogP contribution in [0, 0.1) is 5.92 Å². The van der Waals surface area contributed by atoms with Crippen molar-refractivity contribution in [2.24, 2.45) is 5.92 Å². The van der Waals surface area contributed by atoms with Crippen molar-refractivity contribution in [3.63, 3.8) is 0 Å². The summed E-state index contributed by atoms with van der Waals surface area (Å²) in [6.07, 6.45) is -0.102. The van der Waals surface area contributed by atoms with Crippen molar-refractivity contribution >= 4 is 33.5 Å². The number of nitrogen functional groups attached to an aromatic ring is 1. The van der Waals surface area contributed by atoms with Crippen molar-refractivity contribution in [3.8, 4) is 0 Å². The van der Waals surface area contributed by atoms with Gasteiger partial charge >= 0.3 is 5.97 Å². The van der Waals surface area contributed by atoms with Crippen LogP contribution in [0.3, 0.4) is 0 Å². The molecule has 0 saturated heterocycles. The Morgan fingerprint density at radius 2 is 2.05 bits per heavy atom. The Balaban J connectivity index is 2.81. The molecule has 1 amide bonds. The van der Waals surface area contributed by atoms with Crippen LogP contribution < -0.4 is 11.1 Å². The summed E-state index contributed by atoms with van der Waals surface area (Å²) in [6.45, 7) is 3.73. The molecule has 104 valence electrons. The molecule has 19 heavy (non-hydrogen) atoms. The predicted octanol–water partition coefficient (Wildman–Crippen LogP) is 2.26. The van der Waals surface area contributed by atoms with Gasteiger partial charge in [0, 0.05) is 21.8 Å². The number of anilines is 1. The molecule has 0 heterocycles. The Morgan fingerprint density at radius 1 is 1.42 bits per heavy atom. The van der Waals surface area contributed by atoms with E-state index in [9.17, 15) is 9.59 Å². The standard InChI is InChI=1S/C13H17BrN2O3/c1-7(2)11(6-12(17)18)16-13(19)8-3-4-9(14)10(15)5-8/h3-5,7,11H,6,15H2,1-2H3,(H,16,19)(H,17,18). The Labute approximate surface area is 120 Å². The number of carboxylic acids is 1. The molecule has 0 aromatic heterocycles. The van der Waals surface area contributed by atoms with Crippen molar-refractivity contribution in [1.29, 1.82) is 0 Å². The van der Waals surface area contributed by atoms with Crippen LogP contribution in [0.4, 0.5) is 5.69 Å². The number of carbonyl (C=O) groups is 2. The molecule has 0 fully saturated rings. The average molecular weight is 329 g/mol. The summed E-state index contributed by atoms with van der Waals surface area (Å²) in [5.74, 6) is -1.22. The minimum atomic E-state index is -0.936. The van der Waals surface area contributed by atoms with Gasteiger partial charge in [0.25, 0.3) is 5.91 Å². The van der Waals surface area contributed by atoms with Crippen LogP contribution in [0.25, 0.3) is 0 Å². The van der Waals surface area contributed by atoms with Crippen LogP contribution in [0.2, 0.25) is 0 Å². The van der Waals surface area contributed by atoms with Crippen molar-refractivity contribution in [2.45, 2.75) is 26.3 Å². The summed E-state index contributed by atoms with van der Waals surface area (Å²) in [4.78, 5) is 22.8. The van der Waals surface area contributed by atoms with Crippen LogP contribution in [0.5, 0.6) is 0 Å². The Kier molecular flexibility index (Phi) is 5.35. The maximum Gasteiger partial charge on any atom is 0.305 e. The first-order chi connectivity index (χ1) is 8.81. The van der Waals surface area contributed by atoms with Crippen LogP contribution in [0.1, 0.15) is 30.6 Å². The van der Waals surface area contributed by atoms with Crippen molar-refractivity contribution in [2.75, 3.05) is 5.73 Å². The van der Waals surface area contributed by atoms with Gasteiger partial charge in [0.05, 0.1) is 6.42 Å². The van der Waals surface area contributed by atoms with Crippen molar-refractivity contribution in [3.05, 3.63) is 28.2 Å². The quantitative estimate of drug-likeness (QED) is 0.723. The third-order valence-electron chi connectivity index (χ3n) is 2.77. The van der Waals surface area contributed by atoms with Gasteiger partial charge in [-0.15, -0.1) is 0 Å². The highest BCUT2D eigenvalue weighted by Crippen LogP contribution is 2.20. The molecule has 1 unspecified atom stereocenters. The maximum absolute atomic E-state index is 12.0. The molecule has 0 aliphatic carbocycles. The number of hydrogen-bond donors (Lipinski definition) is 3. The normalized spacial score (nSPS) is 12.2. The van der Waals surface area contributed by atoms with Gasteiger partial charge in [-0.25, -0.2) is 0 Å². The van der Waals surface area contributed by atoms with Gasteiger partial charge < -0.3 is 16.2 Å².